The smallest absolute Gasteiger partial charge is 0.251 e. The van der Waals surface area contributed by atoms with Gasteiger partial charge in [-0.3, -0.25) is 9.48 Å². The average molecular weight is 272 g/mol. The van der Waals surface area contributed by atoms with Gasteiger partial charge in [-0.2, -0.15) is 5.10 Å². The molecule has 2 atom stereocenters. The maximum Gasteiger partial charge on any atom is 0.251 e. The van der Waals surface area contributed by atoms with Gasteiger partial charge in [0.25, 0.3) is 5.56 Å². The second kappa shape index (κ2) is 5.23. The zero-order chi connectivity index (χ0) is 14.1. The van der Waals surface area contributed by atoms with E-state index in [1.807, 2.05) is 13.2 Å². The van der Waals surface area contributed by atoms with E-state index in [1.54, 1.807) is 16.9 Å². The van der Waals surface area contributed by atoms with Gasteiger partial charge in [0, 0.05) is 30.8 Å². The molecule has 0 bridgehead atoms. The molecule has 0 amide bonds. The highest BCUT2D eigenvalue weighted by atomic mass is 16.1. The number of hydrogen-bond donors (Lipinski definition) is 1. The monoisotopic (exact) mass is 272 g/mol. The van der Waals surface area contributed by atoms with Crippen molar-refractivity contribution in [2.24, 2.45) is 13.0 Å². The Morgan fingerprint density at radius 3 is 2.95 bits per heavy atom. The van der Waals surface area contributed by atoms with E-state index in [0.29, 0.717) is 11.8 Å². The molecule has 2 aromatic rings. The quantitative estimate of drug-likeness (QED) is 0.913. The van der Waals surface area contributed by atoms with E-state index in [0.717, 1.165) is 29.9 Å². The van der Waals surface area contributed by atoms with Crippen LogP contribution in [-0.4, -0.2) is 19.7 Å². The maximum absolute atomic E-state index is 11.9. The van der Waals surface area contributed by atoms with Crippen LogP contribution in [0.3, 0.4) is 0 Å². The topological polar surface area (TPSA) is 63.6 Å². The Kier molecular flexibility index (Phi) is 3.42. The summed E-state index contributed by atoms with van der Waals surface area (Å²) in [6.07, 6.45) is 8.35. The summed E-state index contributed by atoms with van der Waals surface area (Å²) in [5.74, 6) is 1.92. The lowest BCUT2D eigenvalue weighted by atomic mass is 9.82. The molecule has 0 aromatic carbocycles. The summed E-state index contributed by atoms with van der Waals surface area (Å²) in [5.41, 5.74) is 1.53. The fraction of sp³-hybridized carbons (Fsp3) is 0.533. The number of rotatable bonds is 2. The van der Waals surface area contributed by atoms with Crippen molar-refractivity contribution >= 4 is 0 Å². The van der Waals surface area contributed by atoms with Gasteiger partial charge < -0.3 is 4.98 Å². The van der Waals surface area contributed by atoms with Crippen molar-refractivity contribution in [1.82, 2.24) is 19.7 Å². The van der Waals surface area contributed by atoms with E-state index in [1.165, 1.54) is 12.8 Å². The molecule has 1 aliphatic rings. The number of nitrogens with zero attached hydrogens (tertiary/aromatic N) is 3. The van der Waals surface area contributed by atoms with Gasteiger partial charge in [-0.05, 0) is 18.8 Å². The Hall–Kier alpha value is -1.91. The van der Waals surface area contributed by atoms with E-state index >= 15 is 0 Å². The van der Waals surface area contributed by atoms with Crippen LogP contribution in [-0.2, 0) is 7.05 Å². The summed E-state index contributed by atoms with van der Waals surface area (Å²) >= 11 is 0. The van der Waals surface area contributed by atoms with E-state index in [-0.39, 0.29) is 5.56 Å². The fourth-order valence-electron chi connectivity index (χ4n) is 3.05. The third kappa shape index (κ3) is 2.66. The Labute approximate surface area is 118 Å². The van der Waals surface area contributed by atoms with Gasteiger partial charge >= 0.3 is 0 Å². The average Bonchev–Trinajstić information content (AvgIpc) is 2.85. The normalized spacial score (nSPS) is 22.9. The summed E-state index contributed by atoms with van der Waals surface area (Å²) in [6.45, 7) is 2.27. The van der Waals surface area contributed by atoms with Crippen LogP contribution in [0.15, 0.2) is 23.3 Å². The third-order valence-electron chi connectivity index (χ3n) is 4.08. The van der Waals surface area contributed by atoms with Gasteiger partial charge in [0.2, 0.25) is 0 Å². The molecule has 5 heteroatoms. The Morgan fingerprint density at radius 1 is 1.40 bits per heavy atom. The third-order valence-corrected chi connectivity index (χ3v) is 4.08. The first-order chi connectivity index (χ1) is 9.61. The lowest BCUT2D eigenvalue weighted by molar-refractivity contribution is 0.335. The standard InChI is InChI=1S/C15H20N4O/c1-10-4-3-5-11(6-10)15-17-13(7-14(20)18-15)12-8-16-19(2)9-12/h7-11H,3-6H2,1-2H3,(H,17,18,20). The molecule has 1 aliphatic carbocycles. The molecule has 1 saturated carbocycles. The molecule has 2 heterocycles. The van der Waals surface area contributed by atoms with Crippen LogP contribution in [0.5, 0.6) is 0 Å². The van der Waals surface area contributed by atoms with Crippen LogP contribution in [0.4, 0.5) is 0 Å². The predicted octanol–water partition coefficient (Wildman–Crippen LogP) is 2.46. The zero-order valence-corrected chi connectivity index (χ0v) is 12.0. The number of aromatic amines is 1. The van der Waals surface area contributed by atoms with Gasteiger partial charge in [0.15, 0.2) is 0 Å². The number of aryl methyl sites for hydroxylation is 1. The second-order valence-electron chi connectivity index (χ2n) is 5.89. The van der Waals surface area contributed by atoms with Crippen LogP contribution in [0, 0.1) is 5.92 Å². The molecule has 1 fully saturated rings. The van der Waals surface area contributed by atoms with Crippen molar-refractivity contribution in [3.8, 4) is 11.3 Å². The van der Waals surface area contributed by atoms with Gasteiger partial charge in [0.05, 0.1) is 11.9 Å². The number of aromatic nitrogens is 4. The fourth-order valence-corrected chi connectivity index (χ4v) is 3.05. The van der Waals surface area contributed by atoms with Crippen molar-refractivity contribution < 1.29 is 0 Å². The Balaban J connectivity index is 1.96. The van der Waals surface area contributed by atoms with Crippen LogP contribution >= 0.6 is 0 Å². The van der Waals surface area contributed by atoms with Gasteiger partial charge in [-0.15, -0.1) is 0 Å². The van der Waals surface area contributed by atoms with Crippen LogP contribution in [0.25, 0.3) is 11.3 Å². The molecule has 1 N–H and O–H groups in total. The van der Waals surface area contributed by atoms with Gasteiger partial charge in [-0.25, -0.2) is 4.98 Å². The summed E-state index contributed by atoms with van der Waals surface area (Å²) in [5, 5.41) is 4.14. The van der Waals surface area contributed by atoms with E-state index < -0.39 is 0 Å². The minimum Gasteiger partial charge on any atom is -0.310 e. The van der Waals surface area contributed by atoms with Gasteiger partial charge in [0.1, 0.15) is 5.82 Å². The van der Waals surface area contributed by atoms with Gasteiger partial charge in [-0.1, -0.05) is 19.8 Å². The number of nitrogens with one attached hydrogen (secondary N) is 1. The Morgan fingerprint density at radius 2 is 2.25 bits per heavy atom. The Bertz CT molecular complexity index is 658. The van der Waals surface area contributed by atoms with Crippen molar-refractivity contribution in [3.05, 3.63) is 34.6 Å². The molecule has 0 spiro atoms. The lowest BCUT2D eigenvalue weighted by Gasteiger charge is -2.25. The summed E-state index contributed by atoms with van der Waals surface area (Å²) in [7, 11) is 1.86. The first-order valence-corrected chi connectivity index (χ1v) is 7.22. The zero-order valence-electron chi connectivity index (χ0n) is 12.0. The molecule has 5 nitrogen and oxygen atoms in total. The molecule has 20 heavy (non-hydrogen) atoms. The summed E-state index contributed by atoms with van der Waals surface area (Å²) in [4.78, 5) is 19.5. The van der Waals surface area contributed by atoms with E-state index in [4.69, 9.17) is 0 Å². The van der Waals surface area contributed by atoms with Crippen molar-refractivity contribution in [2.75, 3.05) is 0 Å². The number of H-pyrrole nitrogens is 1. The maximum atomic E-state index is 11.9. The highest BCUT2D eigenvalue weighted by Gasteiger charge is 2.22. The molecular weight excluding hydrogens is 252 g/mol. The molecule has 2 unspecified atom stereocenters. The molecule has 2 aromatic heterocycles. The predicted molar refractivity (Wildman–Crippen MR) is 77.4 cm³/mol. The van der Waals surface area contributed by atoms with Crippen molar-refractivity contribution in [3.63, 3.8) is 0 Å². The van der Waals surface area contributed by atoms with Crippen LogP contribution < -0.4 is 5.56 Å². The van der Waals surface area contributed by atoms with Crippen molar-refractivity contribution in [2.45, 2.75) is 38.5 Å². The second-order valence-corrected chi connectivity index (χ2v) is 5.89. The van der Waals surface area contributed by atoms with E-state index in [9.17, 15) is 4.79 Å². The van der Waals surface area contributed by atoms with E-state index in [2.05, 4.69) is 22.0 Å². The van der Waals surface area contributed by atoms with Crippen molar-refractivity contribution in [1.29, 1.82) is 0 Å². The largest absolute Gasteiger partial charge is 0.310 e. The molecule has 3 rings (SSSR count). The van der Waals surface area contributed by atoms with Crippen LogP contribution in [0.1, 0.15) is 44.3 Å². The highest BCUT2D eigenvalue weighted by Crippen LogP contribution is 2.34. The first-order valence-electron chi connectivity index (χ1n) is 7.22. The molecule has 106 valence electrons. The molecular formula is C15H20N4O. The highest BCUT2D eigenvalue weighted by molar-refractivity contribution is 5.56. The first kappa shape index (κ1) is 13.1. The minimum atomic E-state index is -0.0768. The lowest BCUT2D eigenvalue weighted by Crippen LogP contribution is -2.19. The minimum absolute atomic E-state index is 0.0768. The summed E-state index contributed by atoms with van der Waals surface area (Å²) in [6, 6.07) is 1.55. The molecule has 0 saturated heterocycles. The summed E-state index contributed by atoms with van der Waals surface area (Å²) < 4.78 is 1.72. The number of hydrogen-bond acceptors (Lipinski definition) is 3. The molecule has 0 radical (unpaired) electrons. The SMILES string of the molecule is CC1CCCC(c2nc(-c3cnn(C)c3)cc(=O)[nH]2)C1. The molecule has 0 aliphatic heterocycles. The van der Waals surface area contributed by atoms with Crippen LogP contribution in [0.2, 0.25) is 0 Å².